The Morgan fingerprint density at radius 3 is 3.06 bits per heavy atom. The average molecular weight is 256 g/mol. The molecule has 0 amide bonds. The van der Waals surface area contributed by atoms with Crippen LogP contribution in [0.15, 0.2) is 23.7 Å². The van der Waals surface area contributed by atoms with Crippen molar-refractivity contribution in [1.29, 1.82) is 0 Å². The zero-order valence-electron chi connectivity index (χ0n) is 9.11. The molecule has 16 heavy (non-hydrogen) atoms. The number of nitrogens with zero attached hydrogens (tertiary/aromatic N) is 2. The van der Waals surface area contributed by atoms with Crippen molar-refractivity contribution in [3.8, 4) is 0 Å². The molecule has 0 atom stereocenters. The highest BCUT2D eigenvalue weighted by Gasteiger charge is 2.02. The summed E-state index contributed by atoms with van der Waals surface area (Å²) in [5.74, 6) is 0. The summed E-state index contributed by atoms with van der Waals surface area (Å²) in [4.78, 5) is 1.36. The van der Waals surface area contributed by atoms with Crippen LogP contribution in [0.3, 0.4) is 0 Å². The van der Waals surface area contributed by atoms with Gasteiger partial charge >= 0.3 is 0 Å². The first-order valence-electron chi connectivity index (χ1n) is 5.18. The minimum absolute atomic E-state index is 0.734. The number of hydrogen-bond acceptors (Lipinski definition) is 3. The van der Waals surface area contributed by atoms with Crippen LogP contribution in [0.4, 0.5) is 0 Å². The summed E-state index contributed by atoms with van der Waals surface area (Å²) in [7, 11) is 0. The fraction of sp³-hybridized carbons (Fsp3) is 0.364. The largest absolute Gasteiger partial charge is 0.310 e. The van der Waals surface area contributed by atoms with Gasteiger partial charge in [0.2, 0.25) is 0 Å². The van der Waals surface area contributed by atoms with Crippen LogP contribution in [0.25, 0.3) is 0 Å². The van der Waals surface area contributed by atoms with Crippen molar-refractivity contribution in [1.82, 2.24) is 15.1 Å². The van der Waals surface area contributed by atoms with E-state index in [9.17, 15) is 0 Å². The molecule has 86 valence electrons. The van der Waals surface area contributed by atoms with Gasteiger partial charge in [-0.15, -0.1) is 11.3 Å². The predicted octanol–water partition coefficient (Wildman–Crippen LogP) is 2.70. The van der Waals surface area contributed by atoms with Crippen molar-refractivity contribution in [3.05, 3.63) is 39.3 Å². The highest BCUT2D eigenvalue weighted by atomic mass is 35.5. The van der Waals surface area contributed by atoms with E-state index in [1.54, 1.807) is 17.5 Å². The van der Waals surface area contributed by atoms with Crippen LogP contribution < -0.4 is 5.32 Å². The molecule has 0 fully saturated rings. The number of hydrogen-bond donors (Lipinski definition) is 1. The van der Waals surface area contributed by atoms with Crippen molar-refractivity contribution >= 4 is 22.9 Å². The maximum absolute atomic E-state index is 5.92. The van der Waals surface area contributed by atoms with Gasteiger partial charge in [0.15, 0.2) is 0 Å². The highest BCUT2D eigenvalue weighted by molar-refractivity contribution is 7.09. The first-order valence-corrected chi connectivity index (χ1v) is 6.44. The van der Waals surface area contributed by atoms with Gasteiger partial charge in [0.1, 0.15) is 0 Å². The fourth-order valence-corrected chi connectivity index (χ4v) is 2.27. The second-order valence-electron chi connectivity index (χ2n) is 3.56. The van der Waals surface area contributed by atoms with Crippen LogP contribution in [-0.4, -0.2) is 16.3 Å². The standard InChI is InChI=1S/C11H14ClN3S/c1-9-11(12)8-14-15(9)5-4-13-7-10-3-2-6-16-10/h2-3,6,8,13H,4-5,7H2,1H3. The average Bonchev–Trinajstić information content (AvgIpc) is 2.88. The van der Waals surface area contributed by atoms with Gasteiger partial charge in [0, 0.05) is 18.0 Å². The molecule has 0 aliphatic carbocycles. The van der Waals surface area contributed by atoms with Gasteiger partial charge in [-0.2, -0.15) is 5.10 Å². The van der Waals surface area contributed by atoms with E-state index in [0.29, 0.717) is 0 Å². The van der Waals surface area contributed by atoms with Crippen LogP contribution in [0, 0.1) is 6.92 Å². The Labute approximate surface area is 104 Å². The van der Waals surface area contributed by atoms with E-state index in [0.717, 1.165) is 30.4 Å². The smallest absolute Gasteiger partial charge is 0.0814 e. The first kappa shape index (κ1) is 11.6. The molecule has 3 nitrogen and oxygen atoms in total. The quantitative estimate of drug-likeness (QED) is 0.833. The molecule has 0 spiro atoms. The summed E-state index contributed by atoms with van der Waals surface area (Å²) in [6.07, 6.45) is 1.69. The van der Waals surface area contributed by atoms with Crippen molar-refractivity contribution in [2.45, 2.75) is 20.0 Å². The number of halogens is 1. The molecule has 1 N–H and O–H groups in total. The molecule has 0 saturated carbocycles. The lowest BCUT2D eigenvalue weighted by molar-refractivity contribution is 0.546. The van der Waals surface area contributed by atoms with Gasteiger partial charge in [-0.25, -0.2) is 0 Å². The zero-order chi connectivity index (χ0) is 11.4. The summed E-state index contributed by atoms with van der Waals surface area (Å²) in [6, 6.07) is 4.20. The maximum atomic E-state index is 5.92. The van der Waals surface area contributed by atoms with Gasteiger partial charge < -0.3 is 5.32 Å². The molecule has 2 rings (SSSR count). The lowest BCUT2D eigenvalue weighted by atomic mass is 10.4. The molecule has 2 heterocycles. The summed E-state index contributed by atoms with van der Waals surface area (Å²) in [6.45, 7) is 4.65. The second-order valence-corrected chi connectivity index (χ2v) is 5.00. The minimum Gasteiger partial charge on any atom is -0.310 e. The van der Waals surface area contributed by atoms with E-state index < -0.39 is 0 Å². The van der Waals surface area contributed by atoms with Crippen LogP contribution in [0.5, 0.6) is 0 Å². The molecule has 0 bridgehead atoms. The number of aromatic nitrogens is 2. The normalized spacial score (nSPS) is 10.9. The van der Waals surface area contributed by atoms with E-state index in [4.69, 9.17) is 11.6 Å². The lowest BCUT2D eigenvalue weighted by Crippen LogP contribution is -2.20. The van der Waals surface area contributed by atoms with E-state index in [1.165, 1.54) is 4.88 Å². The fourth-order valence-electron chi connectivity index (χ4n) is 1.46. The van der Waals surface area contributed by atoms with Crippen LogP contribution in [0.2, 0.25) is 5.02 Å². The van der Waals surface area contributed by atoms with Gasteiger partial charge in [-0.3, -0.25) is 4.68 Å². The minimum atomic E-state index is 0.734. The summed E-state index contributed by atoms with van der Waals surface area (Å²) < 4.78 is 1.92. The predicted molar refractivity (Wildman–Crippen MR) is 68.0 cm³/mol. The third-order valence-corrected chi connectivity index (χ3v) is 3.67. The zero-order valence-corrected chi connectivity index (χ0v) is 10.7. The first-order chi connectivity index (χ1) is 7.77. The molecule has 0 unspecified atom stereocenters. The molecule has 0 aliphatic heterocycles. The molecule has 0 aliphatic rings. The molecular formula is C11H14ClN3S. The van der Waals surface area contributed by atoms with E-state index in [-0.39, 0.29) is 0 Å². The Morgan fingerprint density at radius 1 is 1.56 bits per heavy atom. The Morgan fingerprint density at radius 2 is 2.44 bits per heavy atom. The molecule has 0 aromatic carbocycles. The molecule has 2 aromatic heterocycles. The van der Waals surface area contributed by atoms with E-state index >= 15 is 0 Å². The van der Waals surface area contributed by atoms with Crippen molar-refractivity contribution in [2.24, 2.45) is 0 Å². The van der Waals surface area contributed by atoms with Crippen molar-refractivity contribution in [2.75, 3.05) is 6.54 Å². The lowest BCUT2D eigenvalue weighted by Gasteiger charge is -2.05. The summed E-state index contributed by atoms with van der Waals surface area (Å²) in [5.41, 5.74) is 1.03. The third-order valence-electron chi connectivity index (χ3n) is 2.42. The molecule has 2 aromatic rings. The number of thiophene rings is 1. The molecule has 5 heteroatoms. The van der Waals surface area contributed by atoms with Crippen LogP contribution in [0.1, 0.15) is 10.6 Å². The van der Waals surface area contributed by atoms with E-state index in [1.807, 2.05) is 11.6 Å². The maximum Gasteiger partial charge on any atom is 0.0814 e. The summed E-state index contributed by atoms with van der Waals surface area (Å²) >= 11 is 7.69. The molecule has 0 radical (unpaired) electrons. The van der Waals surface area contributed by atoms with Crippen molar-refractivity contribution in [3.63, 3.8) is 0 Å². The number of rotatable bonds is 5. The van der Waals surface area contributed by atoms with Gasteiger partial charge in [0.05, 0.1) is 23.5 Å². The Bertz CT molecular complexity index is 436. The SMILES string of the molecule is Cc1c(Cl)cnn1CCNCc1cccs1. The van der Waals surface area contributed by atoms with E-state index in [2.05, 4.69) is 27.9 Å². The second kappa shape index (κ2) is 5.48. The molecular weight excluding hydrogens is 242 g/mol. The highest BCUT2D eigenvalue weighted by Crippen LogP contribution is 2.12. The van der Waals surface area contributed by atoms with Gasteiger partial charge in [-0.1, -0.05) is 17.7 Å². The Kier molecular flexibility index (Phi) is 3.98. The van der Waals surface area contributed by atoms with Crippen LogP contribution in [-0.2, 0) is 13.1 Å². The topological polar surface area (TPSA) is 29.9 Å². The van der Waals surface area contributed by atoms with Crippen LogP contribution >= 0.6 is 22.9 Å². The van der Waals surface area contributed by atoms with Gasteiger partial charge in [0.25, 0.3) is 0 Å². The monoisotopic (exact) mass is 255 g/mol. The Balaban J connectivity index is 1.74. The van der Waals surface area contributed by atoms with Crippen molar-refractivity contribution < 1.29 is 0 Å². The number of nitrogens with one attached hydrogen (secondary N) is 1. The third kappa shape index (κ3) is 2.84. The molecule has 0 saturated heterocycles. The summed E-state index contributed by atoms with van der Waals surface area (Å²) in [5, 5.41) is 10.4. The van der Waals surface area contributed by atoms with Gasteiger partial charge in [-0.05, 0) is 18.4 Å². The Hall–Kier alpha value is -0.840.